The molecule has 1 amide bonds. The van der Waals surface area contributed by atoms with Gasteiger partial charge in [0.05, 0.1) is 18.2 Å². The lowest BCUT2D eigenvalue weighted by Gasteiger charge is -2.13. The zero-order valence-electron chi connectivity index (χ0n) is 8.80. The molecule has 16 heavy (non-hydrogen) atoms. The lowest BCUT2D eigenvalue weighted by molar-refractivity contribution is -0.131. The van der Waals surface area contributed by atoms with Crippen LogP contribution in [-0.2, 0) is 11.3 Å². The van der Waals surface area contributed by atoms with Crippen molar-refractivity contribution in [3.63, 3.8) is 0 Å². The molecule has 0 spiro atoms. The van der Waals surface area contributed by atoms with Crippen molar-refractivity contribution in [2.75, 3.05) is 11.5 Å². The van der Waals surface area contributed by atoms with E-state index >= 15 is 0 Å². The number of thioether (sulfide) groups is 1. The van der Waals surface area contributed by atoms with Gasteiger partial charge in [-0.05, 0) is 5.56 Å². The Morgan fingerprint density at radius 1 is 1.38 bits per heavy atom. The van der Waals surface area contributed by atoms with Gasteiger partial charge in [-0.3, -0.25) is 4.79 Å². The van der Waals surface area contributed by atoms with Gasteiger partial charge in [-0.2, -0.15) is 16.9 Å². The fraction of sp³-hybridized carbons (Fsp3) is 0.333. The topological polar surface area (TPSA) is 32.7 Å². The van der Waals surface area contributed by atoms with Crippen molar-refractivity contribution in [1.82, 2.24) is 5.01 Å². The average Bonchev–Trinajstić information content (AvgIpc) is 2.86. The van der Waals surface area contributed by atoms with Crippen LogP contribution in [0.2, 0.25) is 0 Å². The van der Waals surface area contributed by atoms with E-state index in [1.54, 1.807) is 16.8 Å². The van der Waals surface area contributed by atoms with Crippen LogP contribution >= 0.6 is 11.8 Å². The quantitative estimate of drug-likeness (QED) is 0.778. The summed E-state index contributed by atoms with van der Waals surface area (Å²) in [6, 6.07) is 10.00. The first kappa shape index (κ1) is 9.90. The van der Waals surface area contributed by atoms with E-state index in [1.165, 1.54) is 0 Å². The van der Waals surface area contributed by atoms with E-state index < -0.39 is 0 Å². The van der Waals surface area contributed by atoms with Crippen molar-refractivity contribution >= 4 is 23.4 Å². The maximum absolute atomic E-state index is 12.0. The van der Waals surface area contributed by atoms with E-state index in [9.17, 15) is 4.79 Å². The molecule has 0 radical (unpaired) electrons. The first-order chi connectivity index (χ1) is 7.84. The third-order valence-electron chi connectivity index (χ3n) is 2.91. The molecule has 4 heteroatoms. The molecule has 1 saturated heterocycles. The summed E-state index contributed by atoms with van der Waals surface area (Å²) in [7, 11) is 0. The zero-order valence-corrected chi connectivity index (χ0v) is 9.61. The number of carbonyl (C=O) groups excluding carboxylic acids is 1. The Bertz CT molecular complexity index is 444. The maximum atomic E-state index is 12.0. The van der Waals surface area contributed by atoms with Crippen LogP contribution in [0.25, 0.3) is 0 Å². The minimum atomic E-state index is 0.0636. The molecular weight excluding hydrogens is 220 g/mol. The zero-order chi connectivity index (χ0) is 11.0. The molecule has 2 aliphatic rings. The van der Waals surface area contributed by atoms with Crippen LogP contribution in [0.3, 0.4) is 0 Å². The standard InChI is InChI=1S/C12H12N2OS/c15-12-10-7-16-8-11(10)13-14(12)6-9-4-2-1-3-5-9/h1-5,10H,6-8H2. The molecule has 82 valence electrons. The Morgan fingerprint density at radius 3 is 2.94 bits per heavy atom. The van der Waals surface area contributed by atoms with Gasteiger partial charge in [0, 0.05) is 11.5 Å². The van der Waals surface area contributed by atoms with E-state index in [1.807, 2.05) is 30.3 Å². The third kappa shape index (κ3) is 1.63. The summed E-state index contributed by atoms with van der Waals surface area (Å²) in [6.45, 7) is 0.602. The average molecular weight is 232 g/mol. The Balaban J connectivity index is 1.78. The van der Waals surface area contributed by atoms with Gasteiger partial charge in [0.2, 0.25) is 0 Å². The monoisotopic (exact) mass is 232 g/mol. The number of carbonyl (C=O) groups is 1. The van der Waals surface area contributed by atoms with Crippen LogP contribution in [0.4, 0.5) is 0 Å². The molecular formula is C12H12N2OS. The molecule has 0 bridgehead atoms. The number of nitrogens with zero attached hydrogens (tertiary/aromatic N) is 2. The van der Waals surface area contributed by atoms with Gasteiger partial charge in [-0.1, -0.05) is 30.3 Å². The van der Waals surface area contributed by atoms with Crippen LogP contribution in [-0.4, -0.2) is 28.1 Å². The van der Waals surface area contributed by atoms with Gasteiger partial charge in [0.1, 0.15) is 0 Å². The van der Waals surface area contributed by atoms with E-state index in [0.29, 0.717) is 6.54 Å². The van der Waals surface area contributed by atoms with Crippen molar-refractivity contribution in [1.29, 1.82) is 0 Å². The van der Waals surface area contributed by atoms with Crippen molar-refractivity contribution in [2.24, 2.45) is 11.0 Å². The van der Waals surface area contributed by atoms with Crippen molar-refractivity contribution in [3.05, 3.63) is 35.9 Å². The molecule has 0 saturated carbocycles. The van der Waals surface area contributed by atoms with E-state index in [-0.39, 0.29) is 11.8 Å². The fourth-order valence-electron chi connectivity index (χ4n) is 2.04. The maximum Gasteiger partial charge on any atom is 0.252 e. The minimum absolute atomic E-state index is 0.0636. The molecule has 2 heterocycles. The van der Waals surface area contributed by atoms with Gasteiger partial charge in [0.15, 0.2) is 0 Å². The normalized spacial score (nSPS) is 23.5. The molecule has 1 unspecified atom stereocenters. The van der Waals surface area contributed by atoms with E-state index in [2.05, 4.69) is 5.10 Å². The van der Waals surface area contributed by atoms with Crippen molar-refractivity contribution in [2.45, 2.75) is 6.54 Å². The number of amides is 1. The van der Waals surface area contributed by atoms with Crippen molar-refractivity contribution < 1.29 is 4.79 Å². The summed E-state index contributed by atoms with van der Waals surface area (Å²) in [6.07, 6.45) is 0. The second-order valence-corrected chi connectivity index (χ2v) is 5.07. The third-order valence-corrected chi connectivity index (χ3v) is 3.98. The molecule has 1 aromatic carbocycles. The van der Waals surface area contributed by atoms with Gasteiger partial charge < -0.3 is 0 Å². The van der Waals surface area contributed by atoms with Gasteiger partial charge in [-0.15, -0.1) is 0 Å². The molecule has 3 nitrogen and oxygen atoms in total. The lowest BCUT2D eigenvalue weighted by Crippen LogP contribution is -2.27. The van der Waals surface area contributed by atoms with Crippen LogP contribution in [0, 0.1) is 5.92 Å². The highest BCUT2D eigenvalue weighted by Crippen LogP contribution is 2.29. The highest BCUT2D eigenvalue weighted by molar-refractivity contribution is 8.00. The SMILES string of the molecule is O=C1C2CSCC2=NN1Cc1ccccc1. The largest absolute Gasteiger partial charge is 0.272 e. The fourth-order valence-corrected chi connectivity index (χ4v) is 3.20. The highest BCUT2D eigenvalue weighted by Gasteiger charge is 2.38. The molecule has 2 aliphatic heterocycles. The van der Waals surface area contributed by atoms with Gasteiger partial charge >= 0.3 is 0 Å². The smallest absolute Gasteiger partial charge is 0.252 e. The predicted octanol–water partition coefficient (Wildman–Crippen LogP) is 1.75. The Hall–Kier alpha value is -1.29. The summed E-state index contributed by atoms with van der Waals surface area (Å²) >= 11 is 1.80. The minimum Gasteiger partial charge on any atom is -0.272 e. The van der Waals surface area contributed by atoms with Crippen molar-refractivity contribution in [3.8, 4) is 0 Å². The van der Waals surface area contributed by atoms with Crippen LogP contribution in [0.5, 0.6) is 0 Å². The summed E-state index contributed by atoms with van der Waals surface area (Å²) in [5.74, 6) is 2.06. The first-order valence-electron chi connectivity index (χ1n) is 5.35. The van der Waals surface area contributed by atoms with Crippen LogP contribution in [0.15, 0.2) is 35.4 Å². The molecule has 0 N–H and O–H groups in total. The number of rotatable bonds is 2. The number of hydrogen-bond donors (Lipinski definition) is 0. The molecule has 3 rings (SSSR count). The predicted molar refractivity (Wildman–Crippen MR) is 65.2 cm³/mol. The number of fused-ring (bicyclic) bond motifs is 1. The highest BCUT2D eigenvalue weighted by atomic mass is 32.2. The number of benzene rings is 1. The number of hydrazone groups is 1. The summed E-state index contributed by atoms with van der Waals surface area (Å²) in [5, 5.41) is 6.03. The first-order valence-corrected chi connectivity index (χ1v) is 6.50. The lowest BCUT2D eigenvalue weighted by atomic mass is 10.1. The number of hydrogen-bond acceptors (Lipinski definition) is 3. The Morgan fingerprint density at radius 2 is 2.19 bits per heavy atom. The molecule has 0 aliphatic carbocycles. The van der Waals surface area contributed by atoms with Gasteiger partial charge in [0.25, 0.3) is 5.91 Å². The molecule has 0 aromatic heterocycles. The second kappa shape index (κ2) is 3.94. The molecule has 1 aromatic rings. The Kier molecular flexibility index (Phi) is 2.44. The van der Waals surface area contributed by atoms with E-state index in [4.69, 9.17) is 0 Å². The Labute approximate surface area is 98.5 Å². The van der Waals surface area contributed by atoms with E-state index in [0.717, 1.165) is 22.8 Å². The van der Waals surface area contributed by atoms with Gasteiger partial charge in [-0.25, -0.2) is 5.01 Å². The van der Waals surface area contributed by atoms with Crippen LogP contribution in [0.1, 0.15) is 5.56 Å². The molecule has 1 fully saturated rings. The summed E-state index contributed by atoms with van der Waals surface area (Å²) in [5.41, 5.74) is 2.19. The summed E-state index contributed by atoms with van der Waals surface area (Å²) < 4.78 is 0. The molecule has 1 atom stereocenters. The second-order valence-electron chi connectivity index (χ2n) is 4.04. The van der Waals surface area contributed by atoms with Crippen LogP contribution < -0.4 is 0 Å². The summed E-state index contributed by atoms with van der Waals surface area (Å²) in [4.78, 5) is 12.0.